The molecule has 0 saturated heterocycles. The van der Waals surface area contributed by atoms with Crippen molar-refractivity contribution in [2.45, 2.75) is 45.3 Å². The zero-order valence-electron chi connectivity index (χ0n) is 15.8. The Balaban J connectivity index is 1.84. The van der Waals surface area contributed by atoms with Crippen LogP contribution in [-0.2, 0) is 16.1 Å². The first-order valence-corrected chi connectivity index (χ1v) is 10.1. The Bertz CT molecular complexity index is 631. The lowest BCUT2D eigenvalue weighted by Crippen LogP contribution is -2.57. The largest absolute Gasteiger partial charge is 0.480 e. The maximum Gasteiger partial charge on any atom is 0.317 e. The van der Waals surface area contributed by atoms with Gasteiger partial charge < -0.3 is 20.6 Å². The number of carboxylic acids is 1. The van der Waals surface area contributed by atoms with Crippen LogP contribution in [0.2, 0.25) is 0 Å². The molecule has 1 aromatic heterocycles. The third kappa shape index (κ3) is 6.84. The van der Waals surface area contributed by atoms with Crippen molar-refractivity contribution in [1.29, 1.82) is 0 Å². The summed E-state index contributed by atoms with van der Waals surface area (Å²) >= 11 is 1.58. The average Bonchev–Trinajstić information content (AvgIpc) is 3.07. The fourth-order valence-corrected chi connectivity index (χ4v) is 3.82. The number of carbonyl (C=O) groups is 3. The molecule has 0 bridgehead atoms. The molecule has 8 nitrogen and oxygen atoms in total. The van der Waals surface area contributed by atoms with Gasteiger partial charge in [0.25, 0.3) is 0 Å². The SMILES string of the molecule is CCN(CC(=O)O)C1CC(NC(=O)N(CCNC(C)=O)Cc2ccsc2)C1. The number of hydrogen-bond acceptors (Lipinski definition) is 5. The average molecular weight is 397 g/mol. The third-order valence-corrected chi connectivity index (χ3v) is 5.43. The Hall–Kier alpha value is -2.13. The van der Waals surface area contributed by atoms with Crippen molar-refractivity contribution in [1.82, 2.24) is 20.4 Å². The first kappa shape index (κ1) is 21.2. The summed E-state index contributed by atoms with van der Waals surface area (Å²) in [6, 6.07) is 2.07. The Labute approximate surface area is 163 Å². The highest BCUT2D eigenvalue weighted by Crippen LogP contribution is 2.25. The van der Waals surface area contributed by atoms with Crippen molar-refractivity contribution in [3.8, 4) is 0 Å². The second kappa shape index (κ2) is 10.3. The maximum atomic E-state index is 12.7. The number of aliphatic carboxylic acids is 1. The number of carboxylic acid groups (broad SMARTS) is 1. The molecular weight excluding hydrogens is 368 g/mol. The van der Waals surface area contributed by atoms with Crippen molar-refractivity contribution >= 4 is 29.2 Å². The molecule has 0 unspecified atom stereocenters. The summed E-state index contributed by atoms with van der Waals surface area (Å²) in [5.41, 5.74) is 1.06. The molecule has 1 saturated carbocycles. The maximum absolute atomic E-state index is 12.7. The molecule has 150 valence electrons. The summed E-state index contributed by atoms with van der Waals surface area (Å²) in [6.07, 6.45) is 1.51. The molecule has 2 rings (SSSR count). The molecule has 1 heterocycles. The van der Waals surface area contributed by atoms with Gasteiger partial charge in [-0.05, 0) is 41.8 Å². The number of rotatable bonds is 10. The summed E-state index contributed by atoms with van der Waals surface area (Å²) in [5.74, 6) is -0.949. The standard InChI is InChI=1S/C18H28N4O4S/c1-3-21(11-17(24)25)16-8-15(9-16)20-18(26)22(6-5-19-13(2)23)10-14-4-7-27-12-14/h4,7,12,15-16H,3,5-6,8-11H2,1-2H3,(H,19,23)(H,20,26)(H,24,25). The van der Waals surface area contributed by atoms with E-state index in [0.717, 1.165) is 18.4 Å². The van der Waals surface area contributed by atoms with Gasteiger partial charge in [0, 0.05) is 38.6 Å². The highest BCUT2D eigenvalue weighted by molar-refractivity contribution is 7.07. The first-order valence-electron chi connectivity index (χ1n) is 9.15. The quantitative estimate of drug-likeness (QED) is 0.554. The predicted octanol–water partition coefficient (Wildman–Crippen LogP) is 1.33. The molecule has 0 radical (unpaired) electrons. The van der Waals surface area contributed by atoms with E-state index < -0.39 is 5.97 Å². The van der Waals surface area contributed by atoms with E-state index in [1.165, 1.54) is 6.92 Å². The zero-order valence-corrected chi connectivity index (χ0v) is 16.6. The molecule has 1 aliphatic rings. The summed E-state index contributed by atoms with van der Waals surface area (Å²) in [6.45, 7) is 5.43. The number of carbonyl (C=O) groups excluding carboxylic acids is 2. The van der Waals surface area contributed by atoms with Crippen LogP contribution >= 0.6 is 11.3 Å². The number of hydrogen-bond donors (Lipinski definition) is 3. The van der Waals surface area contributed by atoms with E-state index in [9.17, 15) is 14.4 Å². The number of thiophene rings is 1. The lowest BCUT2D eigenvalue weighted by Gasteiger charge is -2.42. The van der Waals surface area contributed by atoms with Gasteiger partial charge in [-0.15, -0.1) is 0 Å². The fraction of sp³-hybridized carbons (Fsp3) is 0.611. The minimum Gasteiger partial charge on any atom is -0.480 e. The van der Waals surface area contributed by atoms with Crippen molar-refractivity contribution in [2.75, 3.05) is 26.2 Å². The van der Waals surface area contributed by atoms with Gasteiger partial charge in [-0.2, -0.15) is 11.3 Å². The lowest BCUT2D eigenvalue weighted by atomic mass is 9.85. The molecule has 1 aliphatic carbocycles. The molecule has 1 aromatic rings. The molecule has 0 spiro atoms. The van der Waals surface area contributed by atoms with Gasteiger partial charge in [-0.3, -0.25) is 14.5 Å². The van der Waals surface area contributed by atoms with Crippen LogP contribution in [0.1, 0.15) is 32.3 Å². The second-order valence-electron chi connectivity index (χ2n) is 6.76. The van der Waals surface area contributed by atoms with Crippen LogP contribution in [0.3, 0.4) is 0 Å². The Morgan fingerprint density at radius 3 is 2.63 bits per heavy atom. The van der Waals surface area contributed by atoms with Crippen LogP contribution in [0.5, 0.6) is 0 Å². The topological polar surface area (TPSA) is 102 Å². The van der Waals surface area contributed by atoms with Crippen molar-refractivity contribution in [2.24, 2.45) is 0 Å². The van der Waals surface area contributed by atoms with E-state index in [2.05, 4.69) is 10.6 Å². The minimum absolute atomic E-state index is 0.0306. The second-order valence-corrected chi connectivity index (χ2v) is 7.54. The molecule has 3 amide bonds. The molecule has 3 N–H and O–H groups in total. The van der Waals surface area contributed by atoms with Gasteiger partial charge in [0.2, 0.25) is 5.91 Å². The number of urea groups is 1. The fourth-order valence-electron chi connectivity index (χ4n) is 3.16. The van der Waals surface area contributed by atoms with Gasteiger partial charge in [0.15, 0.2) is 0 Å². The lowest BCUT2D eigenvalue weighted by molar-refractivity contribution is -0.139. The smallest absolute Gasteiger partial charge is 0.317 e. The van der Waals surface area contributed by atoms with E-state index in [1.54, 1.807) is 16.2 Å². The molecule has 9 heteroatoms. The van der Waals surface area contributed by atoms with E-state index >= 15 is 0 Å². The highest BCUT2D eigenvalue weighted by Gasteiger charge is 2.35. The van der Waals surface area contributed by atoms with Crippen LogP contribution in [-0.4, -0.2) is 71.1 Å². The highest BCUT2D eigenvalue weighted by atomic mass is 32.1. The summed E-state index contributed by atoms with van der Waals surface area (Å²) in [4.78, 5) is 38.3. The monoisotopic (exact) mass is 396 g/mol. The Kier molecular flexibility index (Phi) is 8.05. The molecule has 27 heavy (non-hydrogen) atoms. The van der Waals surface area contributed by atoms with E-state index in [0.29, 0.717) is 26.2 Å². The summed E-state index contributed by atoms with van der Waals surface area (Å²) in [7, 11) is 0. The number of likely N-dealkylation sites (N-methyl/N-ethyl adjacent to an activating group) is 1. The van der Waals surface area contributed by atoms with Gasteiger partial charge in [-0.1, -0.05) is 6.92 Å². The number of nitrogens with zero attached hydrogens (tertiary/aromatic N) is 2. The Morgan fingerprint density at radius 1 is 1.33 bits per heavy atom. The van der Waals surface area contributed by atoms with Gasteiger partial charge in [0.1, 0.15) is 0 Å². The van der Waals surface area contributed by atoms with Gasteiger partial charge in [-0.25, -0.2) is 4.79 Å². The normalized spacial score (nSPS) is 18.6. The van der Waals surface area contributed by atoms with Gasteiger partial charge in [0.05, 0.1) is 6.54 Å². The van der Waals surface area contributed by atoms with E-state index in [4.69, 9.17) is 5.11 Å². The number of nitrogens with one attached hydrogen (secondary N) is 2. The molecule has 1 fully saturated rings. The summed E-state index contributed by atoms with van der Waals surface area (Å²) < 4.78 is 0. The van der Waals surface area contributed by atoms with Crippen molar-refractivity contribution in [3.63, 3.8) is 0 Å². The van der Waals surface area contributed by atoms with Crippen molar-refractivity contribution in [3.05, 3.63) is 22.4 Å². The zero-order chi connectivity index (χ0) is 19.8. The Morgan fingerprint density at radius 2 is 2.07 bits per heavy atom. The van der Waals surface area contributed by atoms with Crippen LogP contribution in [0.25, 0.3) is 0 Å². The number of amides is 3. The van der Waals surface area contributed by atoms with Crippen LogP contribution in [0.4, 0.5) is 4.79 Å². The molecular formula is C18H28N4O4S. The minimum atomic E-state index is -0.829. The van der Waals surface area contributed by atoms with Gasteiger partial charge >= 0.3 is 12.0 Å². The van der Waals surface area contributed by atoms with E-state index in [-0.39, 0.29) is 30.6 Å². The summed E-state index contributed by atoms with van der Waals surface area (Å²) in [5, 5.41) is 18.7. The van der Waals surface area contributed by atoms with E-state index in [1.807, 2.05) is 28.7 Å². The predicted molar refractivity (Wildman–Crippen MR) is 104 cm³/mol. The van der Waals surface area contributed by atoms with Crippen LogP contribution < -0.4 is 10.6 Å². The third-order valence-electron chi connectivity index (χ3n) is 4.70. The van der Waals surface area contributed by atoms with Crippen molar-refractivity contribution < 1.29 is 19.5 Å². The van der Waals surface area contributed by atoms with Crippen LogP contribution in [0.15, 0.2) is 16.8 Å². The van der Waals surface area contributed by atoms with Crippen LogP contribution in [0, 0.1) is 0 Å². The first-order chi connectivity index (χ1) is 12.9. The molecule has 0 aliphatic heterocycles. The molecule has 0 atom stereocenters. The molecule has 0 aromatic carbocycles.